The van der Waals surface area contributed by atoms with Crippen LogP contribution in [0, 0.1) is 38.0 Å². The number of hydrogen-bond donors (Lipinski definition) is 4. The molecule has 11 heteroatoms. The Balaban J connectivity index is 0.000000924. The lowest BCUT2D eigenvalue weighted by molar-refractivity contribution is -0.0244. The van der Waals surface area contributed by atoms with E-state index in [1.165, 1.54) is 25.9 Å². The van der Waals surface area contributed by atoms with Gasteiger partial charge in [-0.15, -0.1) is 31.8 Å². The smallest absolute Gasteiger partial charge is 0.306 e. The molecule has 2 aliphatic heterocycles. The zero-order chi connectivity index (χ0) is 40.9. The molecule has 9 nitrogen and oxygen atoms in total. The molecule has 0 amide bonds. The van der Waals surface area contributed by atoms with E-state index >= 15 is 8.78 Å². The third-order valence-electron chi connectivity index (χ3n) is 8.56. The third kappa shape index (κ3) is 17.7. The van der Waals surface area contributed by atoms with Crippen LogP contribution >= 0.6 is 0 Å². The van der Waals surface area contributed by atoms with Gasteiger partial charge in [-0.2, -0.15) is 14.3 Å². The van der Waals surface area contributed by atoms with Crippen LogP contribution in [0.4, 0.5) is 14.6 Å². The summed E-state index contributed by atoms with van der Waals surface area (Å²) in [6, 6.07) is 5.77. The van der Waals surface area contributed by atoms with Gasteiger partial charge >= 0.3 is 5.92 Å². The quantitative estimate of drug-likeness (QED) is 0.0472. The number of nitrogens with two attached hydrogens (primary N) is 1. The summed E-state index contributed by atoms with van der Waals surface area (Å²) in [6.45, 7) is 16.5. The lowest BCUT2D eigenvalue weighted by Crippen LogP contribution is -2.28. The number of nitrogens with one attached hydrogen (secondary N) is 1. The topological polar surface area (TPSA) is 124 Å². The van der Waals surface area contributed by atoms with Crippen molar-refractivity contribution in [3.63, 3.8) is 0 Å². The van der Waals surface area contributed by atoms with E-state index in [1.807, 2.05) is 61.5 Å². The molecule has 0 spiro atoms. The number of aliphatic hydroxyl groups is 1. The molecule has 3 aromatic rings. The second kappa shape index (κ2) is 29.1. The number of nitrogens with zero attached hydrogens (tertiary/aromatic N) is 4. The first-order chi connectivity index (χ1) is 26.1. The molecule has 2 aliphatic rings. The standard InChI is InChI=1S/C23H27F2N3O.C8H12N2O.C7H15N.C2H6.C2H2.CH4O/c1-3-4-5-6-7-12-23(24,25)22-26-19-17-11-10-16(2)15-18(17)29-20(19)21(27-22)28-13-8-9-14-28;1-2-3-4-5-6-8(9)7-10-11;1-7-3-5-8(2)6-4-7;3*1-2/h3,10-11,15H,1,4-9,12-14H2,2H3;1,4-6,10-11H,3,7,9H2;7H,3-6H2,1-2H3;1-2H3;1-2H;2H,1H3/b;5-4-,8-6+;;;;. The number of hydroxylamine groups is 1. The van der Waals surface area contributed by atoms with E-state index in [2.05, 4.69) is 54.2 Å². The number of terminal acetylenes is 2. The third-order valence-corrected chi connectivity index (χ3v) is 8.56. The van der Waals surface area contributed by atoms with E-state index in [1.54, 1.807) is 12.2 Å². The van der Waals surface area contributed by atoms with Crippen LogP contribution in [0.5, 0.6) is 0 Å². The van der Waals surface area contributed by atoms with Crippen molar-refractivity contribution in [2.45, 2.75) is 97.8 Å². The number of allylic oxidation sites excluding steroid dienone is 4. The number of rotatable bonds is 12. The van der Waals surface area contributed by atoms with Crippen LogP contribution in [0.25, 0.3) is 22.1 Å². The van der Waals surface area contributed by atoms with Gasteiger partial charge in [0, 0.05) is 44.1 Å². The summed E-state index contributed by atoms with van der Waals surface area (Å²) in [7, 11) is 3.20. The minimum absolute atomic E-state index is 0.246. The highest BCUT2D eigenvalue weighted by Gasteiger charge is 2.37. The number of halogens is 2. The van der Waals surface area contributed by atoms with Crippen molar-refractivity contribution in [2.24, 2.45) is 11.7 Å². The molecule has 2 fully saturated rings. The Morgan fingerprint density at radius 1 is 1.11 bits per heavy atom. The average molecular weight is 753 g/mol. The summed E-state index contributed by atoms with van der Waals surface area (Å²) in [5, 5.41) is 16.0. The predicted octanol–water partition coefficient (Wildman–Crippen LogP) is 9.13. The molecule has 0 aliphatic carbocycles. The van der Waals surface area contributed by atoms with Crippen molar-refractivity contribution in [1.29, 1.82) is 0 Å². The number of fused-ring (bicyclic) bond motifs is 3. The van der Waals surface area contributed by atoms with Crippen molar-refractivity contribution in [3.8, 4) is 25.2 Å². The molecule has 5 N–H and O–H groups in total. The normalized spacial score (nSPS) is 14.6. The number of aromatic nitrogens is 2. The molecule has 0 radical (unpaired) electrons. The second-order valence-electron chi connectivity index (χ2n) is 12.8. The average Bonchev–Trinajstić information content (AvgIpc) is 3.86. The van der Waals surface area contributed by atoms with Gasteiger partial charge in [0.2, 0.25) is 5.82 Å². The Hall–Kier alpha value is -4.26. The second-order valence-corrected chi connectivity index (χ2v) is 12.8. The molecule has 5 rings (SSSR count). The molecular formula is C43H66F2N6O3. The molecule has 2 aromatic heterocycles. The van der Waals surface area contributed by atoms with E-state index in [-0.39, 0.29) is 18.8 Å². The monoisotopic (exact) mass is 753 g/mol. The molecule has 1 aromatic carbocycles. The molecule has 0 atom stereocenters. The van der Waals surface area contributed by atoms with Crippen molar-refractivity contribution in [2.75, 3.05) is 51.8 Å². The summed E-state index contributed by atoms with van der Waals surface area (Å²) < 4.78 is 36.1. The van der Waals surface area contributed by atoms with E-state index in [9.17, 15) is 0 Å². The number of unbranched alkanes of at least 4 members (excludes halogenated alkanes) is 3. The molecular weight excluding hydrogens is 687 g/mol. The maximum absolute atomic E-state index is 15.0. The number of aliphatic hydroxyl groups excluding tert-OH is 1. The molecule has 0 bridgehead atoms. The van der Waals surface area contributed by atoms with Crippen molar-refractivity contribution in [1.82, 2.24) is 20.3 Å². The van der Waals surface area contributed by atoms with Crippen LogP contribution < -0.4 is 16.1 Å². The zero-order valence-electron chi connectivity index (χ0n) is 33.6. The fourth-order valence-electron chi connectivity index (χ4n) is 5.58. The molecule has 54 heavy (non-hydrogen) atoms. The summed E-state index contributed by atoms with van der Waals surface area (Å²) in [5.41, 5.74) is 10.6. The number of hydrogen-bond acceptors (Lipinski definition) is 9. The molecule has 0 unspecified atom stereocenters. The van der Waals surface area contributed by atoms with E-state index in [0.29, 0.717) is 41.0 Å². The Morgan fingerprint density at radius 3 is 2.33 bits per heavy atom. The highest BCUT2D eigenvalue weighted by molar-refractivity contribution is 6.06. The van der Waals surface area contributed by atoms with Gasteiger partial charge in [-0.05, 0) is 102 Å². The van der Waals surface area contributed by atoms with Crippen LogP contribution in [0.1, 0.15) is 96.4 Å². The van der Waals surface area contributed by atoms with Gasteiger partial charge < -0.3 is 30.3 Å². The van der Waals surface area contributed by atoms with Crippen LogP contribution in [0.3, 0.4) is 0 Å². The Kier molecular flexibility index (Phi) is 26.8. The Bertz CT molecular complexity index is 1570. The van der Waals surface area contributed by atoms with Gasteiger partial charge in [0.1, 0.15) is 11.1 Å². The van der Waals surface area contributed by atoms with Crippen LogP contribution in [0.2, 0.25) is 0 Å². The van der Waals surface area contributed by atoms with Crippen LogP contribution in [0.15, 0.2) is 59.2 Å². The van der Waals surface area contributed by atoms with E-state index in [0.717, 1.165) is 69.2 Å². The maximum Gasteiger partial charge on any atom is 0.306 e. The first kappa shape index (κ1) is 49.7. The zero-order valence-corrected chi connectivity index (χ0v) is 33.6. The SMILES string of the molecule is C#C.C#CC/C=C\C=C(\N)CNO.C=CCCCCCC(F)(F)c1nc(N2CCCC2)c2oc3cc(C)ccc3c2n1.CC.CC1CCN(C)CC1.CO. The molecule has 2 saturated heterocycles. The van der Waals surface area contributed by atoms with Gasteiger partial charge in [-0.25, -0.2) is 9.97 Å². The summed E-state index contributed by atoms with van der Waals surface area (Å²) >= 11 is 0. The van der Waals surface area contributed by atoms with Crippen LogP contribution in [-0.4, -0.2) is 72.1 Å². The Morgan fingerprint density at radius 2 is 1.76 bits per heavy atom. The van der Waals surface area contributed by atoms with E-state index < -0.39 is 5.92 Å². The predicted molar refractivity (Wildman–Crippen MR) is 223 cm³/mol. The first-order valence-corrected chi connectivity index (χ1v) is 18.9. The minimum Gasteiger partial charge on any atom is -0.450 e. The fourth-order valence-corrected chi connectivity index (χ4v) is 5.58. The number of likely N-dealkylation sites (tertiary alicyclic amines) is 1. The van der Waals surface area contributed by atoms with Gasteiger partial charge in [0.15, 0.2) is 11.4 Å². The molecule has 300 valence electrons. The first-order valence-electron chi connectivity index (χ1n) is 18.9. The number of anilines is 1. The molecule has 4 heterocycles. The lowest BCUT2D eigenvalue weighted by atomic mass is 10.00. The summed E-state index contributed by atoms with van der Waals surface area (Å²) in [5.74, 6) is 0.478. The van der Waals surface area contributed by atoms with E-state index in [4.69, 9.17) is 26.9 Å². The summed E-state index contributed by atoms with van der Waals surface area (Å²) in [6.07, 6.45) is 28.2. The van der Waals surface area contributed by atoms with Gasteiger partial charge in [-0.1, -0.05) is 51.5 Å². The summed E-state index contributed by atoms with van der Waals surface area (Å²) in [4.78, 5) is 13.1. The van der Waals surface area contributed by atoms with Gasteiger partial charge in [-0.3, -0.25) is 0 Å². The number of alkyl halides is 2. The number of benzene rings is 1. The van der Waals surface area contributed by atoms with Crippen molar-refractivity contribution in [3.05, 3.63) is 66.2 Å². The van der Waals surface area contributed by atoms with Gasteiger partial charge in [0.05, 0.1) is 6.54 Å². The van der Waals surface area contributed by atoms with Crippen molar-refractivity contribution < 1.29 is 23.5 Å². The van der Waals surface area contributed by atoms with Crippen LogP contribution in [-0.2, 0) is 5.92 Å². The number of piperidine rings is 1. The maximum atomic E-state index is 15.0. The van der Waals surface area contributed by atoms with Gasteiger partial charge in [0.25, 0.3) is 0 Å². The number of aryl methyl sites for hydroxylation is 1. The minimum atomic E-state index is -3.06. The highest BCUT2D eigenvalue weighted by atomic mass is 19.3. The lowest BCUT2D eigenvalue weighted by Gasteiger charge is -2.26. The fraction of sp³-hybridized carbons (Fsp3) is 0.535. The Labute approximate surface area is 323 Å². The number of furan rings is 1. The largest absolute Gasteiger partial charge is 0.450 e. The highest BCUT2D eigenvalue weighted by Crippen LogP contribution is 2.39. The van der Waals surface area contributed by atoms with Crippen molar-refractivity contribution >= 4 is 27.9 Å². The molecule has 0 saturated carbocycles.